The van der Waals surface area contributed by atoms with E-state index in [-0.39, 0.29) is 35.3 Å². The Bertz CT molecular complexity index is 639. The van der Waals surface area contributed by atoms with E-state index in [0.717, 1.165) is 51.7 Å². The molecular weight excluding hydrogens is 354 g/mol. The van der Waals surface area contributed by atoms with Crippen LogP contribution >= 0.6 is 0 Å². The van der Waals surface area contributed by atoms with Crippen molar-refractivity contribution in [3.63, 3.8) is 0 Å². The predicted molar refractivity (Wildman–Crippen MR) is 106 cm³/mol. The number of esters is 2. The molecule has 0 aromatic carbocycles. The van der Waals surface area contributed by atoms with Gasteiger partial charge in [0.1, 0.15) is 6.10 Å². The minimum absolute atomic E-state index is 0.00428. The van der Waals surface area contributed by atoms with E-state index in [1.165, 1.54) is 18.4 Å². The molecule has 0 radical (unpaired) electrons. The molecule has 2 aliphatic heterocycles. The third-order valence-electron chi connectivity index (χ3n) is 7.98. The zero-order chi connectivity index (χ0) is 19.9. The van der Waals surface area contributed by atoms with Crippen LogP contribution in [0.3, 0.4) is 0 Å². The first-order chi connectivity index (χ1) is 13.4. The van der Waals surface area contributed by atoms with Crippen LogP contribution in [0.2, 0.25) is 0 Å². The first kappa shape index (κ1) is 19.9. The number of hydrogen-bond acceptors (Lipinski definition) is 5. The number of carbonyl (C=O) groups is 2. The molecule has 28 heavy (non-hydrogen) atoms. The molecule has 4 fully saturated rings. The summed E-state index contributed by atoms with van der Waals surface area (Å²) in [4.78, 5) is 27.0. The Morgan fingerprint density at radius 2 is 2.11 bits per heavy atom. The molecule has 2 saturated carbocycles. The highest BCUT2D eigenvalue weighted by atomic mass is 16.6. The van der Waals surface area contributed by atoms with Gasteiger partial charge in [0.15, 0.2) is 0 Å². The second kappa shape index (κ2) is 7.81. The molecule has 0 bridgehead atoms. The van der Waals surface area contributed by atoms with E-state index in [9.17, 15) is 9.59 Å². The lowest BCUT2D eigenvalue weighted by atomic mass is 9.55. The summed E-state index contributed by atoms with van der Waals surface area (Å²) >= 11 is 0. The molecule has 5 atom stereocenters. The topological polar surface area (TPSA) is 55.8 Å². The highest BCUT2D eigenvalue weighted by Crippen LogP contribution is 2.56. The number of likely N-dealkylation sites (tertiary alicyclic amines) is 1. The van der Waals surface area contributed by atoms with E-state index in [0.29, 0.717) is 18.4 Å². The Morgan fingerprint density at radius 3 is 2.82 bits per heavy atom. The van der Waals surface area contributed by atoms with Gasteiger partial charge in [0.25, 0.3) is 0 Å². The summed E-state index contributed by atoms with van der Waals surface area (Å²) in [7, 11) is 0. The molecule has 5 heteroatoms. The summed E-state index contributed by atoms with van der Waals surface area (Å²) < 4.78 is 11.1. The fourth-order valence-electron chi connectivity index (χ4n) is 6.35. The molecule has 2 saturated heterocycles. The van der Waals surface area contributed by atoms with E-state index >= 15 is 0 Å². The van der Waals surface area contributed by atoms with Gasteiger partial charge in [-0.05, 0) is 76.3 Å². The zero-order valence-corrected chi connectivity index (χ0v) is 17.5. The van der Waals surface area contributed by atoms with Crippen molar-refractivity contribution in [2.45, 2.75) is 64.9 Å². The van der Waals surface area contributed by atoms with Crippen molar-refractivity contribution in [1.82, 2.24) is 4.90 Å². The smallest absolute Gasteiger partial charge is 0.310 e. The monoisotopic (exact) mass is 389 g/mol. The number of fused-ring (bicyclic) bond motifs is 2. The van der Waals surface area contributed by atoms with Gasteiger partial charge in [-0.25, -0.2) is 0 Å². The number of hydrogen-bond donors (Lipinski definition) is 0. The van der Waals surface area contributed by atoms with Crippen LogP contribution in [0.5, 0.6) is 0 Å². The van der Waals surface area contributed by atoms with Gasteiger partial charge in [0.05, 0.1) is 18.4 Å². The van der Waals surface area contributed by atoms with Crippen LogP contribution in [0.15, 0.2) is 12.2 Å². The van der Waals surface area contributed by atoms with Crippen LogP contribution in [0.1, 0.15) is 58.8 Å². The molecule has 5 nitrogen and oxygen atoms in total. The number of carbonyl (C=O) groups excluding carboxylic acids is 2. The van der Waals surface area contributed by atoms with Gasteiger partial charge in [-0.1, -0.05) is 19.1 Å². The Kier molecular flexibility index (Phi) is 5.56. The normalized spacial score (nSPS) is 39.2. The van der Waals surface area contributed by atoms with Gasteiger partial charge in [-0.2, -0.15) is 0 Å². The van der Waals surface area contributed by atoms with Crippen LogP contribution in [-0.4, -0.2) is 49.2 Å². The molecule has 156 valence electrons. The SMILES string of the molecule is C=C1CCC[C@]2(C)C[C@H]3OC(=O)[C@@H](CN4CCC(C(=O)OCC)CC4)[C@H]3C[C@@H]12. The molecule has 0 unspecified atom stereocenters. The average molecular weight is 390 g/mol. The number of rotatable bonds is 4. The van der Waals surface area contributed by atoms with E-state index in [4.69, 9.17) is 9.47 Å². The zero-order valence-electron chi connectivity index (χ0n) is 17.5. The predicted octanol–water partition coefficient (Wildman–Crippen LogP) is 3.58. The third-order valence-corrected chi connectivity index (χ3v) is 7.98. The molecular formula is C23H35NO4. The number of piperidine rings is 1. The van der Waals surface area contributed by atoms with E-state index in [1.807, 2.05) is 6.92 Å². The van der Waals surface area contributed by atoms with Crippen molar-refractivity contribution in [3.8, 4) is 0 Å². The number of ether oxygens (including phenoxy) is 2. The summed E-state index contributed by atoms with van der Waals surface area (Å²) in [5.74, 6) is 0.779. The van der Waals surface area contributed by atoms with Crippen LogP contribution in [-0.2, 0) is 19.1 Å². The van der Waals surface area contributed by atoms with Crippen LogP contribution in [0, 0.1) is 29.1 Å². The standard InChI is InChI=1S/C23H35NO4/c1-4-27-21(25)16-7-10-24(11-8-16)14-18-17-12-19-15(2)6-5-9-23(19,3)13-20(17)28-22(18)26/h16-20H,2,4-14H2,1,3H3/t17-,18+,19+,20-,23-/m1/s1. The molecule has 4 aliphatic rings. The minimum Gasteiger partial charge on any atom is -0.466 e. The van der Waals surface area contributed by atoms with Gasteiger partial charge in [0.2, 0.25) is 0 Å². The number of allylic oxidation sites excluding steroid dienone is 1. The maximum atomic E-state index is 12.7. The van der Waals surface area contributed by atoms with Gasteiger partial charge >= 0.3 is 11.9 Å². The van der Waals surface area contributed by atoms with Crippen molar-refractivity contribution >= 4 is 11.9 Å². The van der Waals surface area contributed by atoms with Crippen molar-refractivity contribution in [3.05, 3.63) is 12.2 Å². The number of nitrogens with zero attached hydrogens (tertiary/aromatic N) is 1. The first-order valence-corrected chi connectivity index (χ1v) is 11.2. The Hall–Kier alpha value is -1.36. The fourth-order valence-corrected chi connectivity index (χ4v) is 6.35. The molecule has 2 aliphatic carbocycles. The molecule has 0 amide bonds. The summed E-state index contributed by atoms with van der Waals surface area (Å²) in [5.41, 5.74) is 1.64. The maximum Gasteiger partial charge on any atom is 0.310 e. The summed E-state index contributed by atoms with van der Waals surface area (Å²) in [6, 6.07) is 0. The Morgan fingerprint density at radius 1 is 1.36 bits per heavy atom. The highest BCUT2D eigenvalue weighted by molar-refractivity contribution is 5.76. The minimum atomic E-state index is -0.0649. The van der Waals surface area contributed by atoms with Crippen molar-refractivity contribution < 1.29 is 19.1 Å². The molecule has 0 aromatic heterocycles. The van der Waals surface area contributed by atoms with Crippen molar-refractivity contribution in [2.75, 3.05) is 26.2 Å². The fraction of sp³-hybridized carbons (Fsp3) is 0.826. The largest absolute Gasteiger partial charge is 0.466 e. The van der Waals surface area contributed by atoms with Crippen LogP contribution in [0.25, 0.3) is 0 Å². The van der Waals surface area contributed by atoms with Gasteiger partial charge in [0, 0.05) is 12.5 Å². The second-order valence-corrected chi connectivity index (χ2v) is 9.73. The molecule has 0 spiro atoms. The van der Waals surface area contributed by atoms with Crippen molar-refractivity contribution in [2.24, 2.45) is 29.1 Å². The summed E-state index contributed by atoms with van der Waals surface area (Å²) in [6.07, 6.45) is 7.36. The van der Waals surface area contributed by atoms with Crippen LogP contribution < -0.4 is 0 Å². The van der Waals surface area contributed by atoms with Gasteiger partial charge < -0.3 is 14.4 Å². The molecule has 0 N–H and O–H groups in total. The third kappa shape index (κ3) is 3.62. The Balaban J connectivity index is 1.38. The lowest BCUT2D eigenvalue weighted by molar-refractivity contribution is -0.150. The second-order valence-electron chi connectivity index (χ2n) is 9.73. The lowest BCUT2D eigenvalue weighted by Crippen LogP contribution is -2.46. The molecule has 4 rings (SSSR count). The average Bonchev–Trinajstić information content (AvgIpc) is 2.95. The maximum absolute atomic E-state index is 12.7. The lowest BCUT2D eigenvalue weighted by Gasteiger charge is -2.50. The quantitative estimate of drug-likeness (QED) is 0.543. The Labute approximate surface area is 168 Å². The van der Waals surface area contributed by atoms with Gasteiger partial charge in [-0.15, -0.1) is 0 Å². The highest BCUT2D eigenvalue weighted by Gasteiger charge is 2.55. The van der Waals surface area contributed by atoms with Crippen LogP contribution in [0.4, 0.5) is 0 Å². The summed E-state index contributed by atoms with van der Waals surface area (Å²) in [6.45, 7) is 11.5. The first-order valence-electron chi connectivity index (χ1n) is 11.2. The molecule has 2 heterocycles. The van der Waals surface area contributed by atoms with Crippen molar-refractivity contribution in [1.29, 1.82) is 0 Å². The molecule has 0 aromatic rings. The van der Waals surface area contributed by atoms with E-state index in [2.05, 4.69) is 18.4 Å². The van der Waals surface area contributed by atoms with E-state index in [1.54, 1.807) is 0 Å². The van der Waals surface area contributed by atoms with Gasteiger partial charge in [-0.3, -0.25) is 9.59 Å². The summed E-state index contributed by atoms with van der Waals surface area (Å²) in [5, 5.41) is 0. The van der Waals surface area contributed by atoms with E-state index < -0.39 is 0 Å².